The maximum Gasteiger partial charge on any atom is 0.187 e. The van der Waals surface area contributed by atoms with Gasteiger partial charge in [-0.25, -0.2) is 0 Å². The lowest BCUT2D eigenvalue weighted by atomic mass is 9.92. The Morgan fingerprint density at radius 1 is 1.30 bits per heavy atom. The Morgan fingerprint density at radius 2 is 2.00 bits per heavy atom. The first-order valence-electron chi connectivity index (χ1n) is 8.00. The van der Waals surface area contributed by atoms with Crippen LogP contribution in [0, 0.1) is 11.3 Å². The van der Waals surface area contributed by atoms with Gasteiger partial charge in [0.2, 0.25) is 0 Å². The smallest absolute Gasteiger partial charge is 0.187 e. The molecule has 1 aromatic carbocycles. The Balaban J connectivity index is 2.19. The van der Waals surface area contributed by atoms with Gasteiger partial charge in [0.1, 0.15) is 5.60 Å². The van der Waals surface area contributed by atoms with Gasteiger partial charge in [0.05, 0.1) is 19.2 Å². The average molecular weight is 318 g/mol. The Kier molecular flexibility index (Phi) is 6.55. The Labute approximate surface area is 138 Å². The minimum Gasteiger partial charge on any atom is -0.364 e. The number of benzene rings is 1. The summed E-state index contributed by atoms with van der Waals surface area (Å²) in [6, 6.07) is 12.4. The van der Waals surface area contributed by atoms with Crippen LogP contribution >= 0.6 is 0 Å². The second kappa shape index (κ2) is 8.42. The fraction of sp³-hybridized carbons (Fsp3) is 0.611. The third-order valence-electron chi connectivity index (χ3n) is 4.59. The van der Waals surface area contributed by atoms with Crippen LogP contribution in [0.15, 0.2) is 30.3 Å². The summed E-state index contributed by atoms with van der Waals surface area (Å²) in [5.74, 6) is 0. The van der Waals surface area contributed by atoms with Crippen molar-refractivity contribution in [3.63, 3.8) is 0 Å². The van der Waals surface area contributed by atoms with Crippen molar-refractivity contribution in [2.24, 2.45) is 0 Å². The lowest BCUT2D eigenvalue weighted by Crippen LogP contribution is -2.57. The fourth-order valence-electron chi connectivity index (χ4n) is 3.45. The first-order chi connectivity index (χ1) is 11.2. The highest BCUT2D eigenvalue weighted by molar-refractivity contribution is 5.14. The summed E-state index contributed by atoms with van der Waals surface area (Å²) in [4.78, 5) is 2.16. The molecule has 2 atom stereocenters. The van der Waals surface area contributed by atoms with E-state index < -0.39 is 11.9 Å². The number of nitriles is 1. The van der Waals surface area contributed by atoms with Crippen LogP contribution in [0.3, 0.4) is 0 Å². The molecule has 0 aliphatic carbocycles. The molecule has 126 valence electrons. The molecule has 1 aliphatic rings. The van der Waals surface area contributed by atoms with E-state index in [-0.39, 0.29) is 6.04 Å². The molecule has 0 spiro atoms. The predicted molar refractivity (Wildman–Crippen MR) is 87.7 cm³/mol. The molecular formula is C18H26N2O3. The second-order valence-electron chi connectivity index (χ2n) is 6.05. The van der Waals surface area contributed by atoms with Crippen molar-refractivity contribution in [1.29, 1.82) is 5.26 Å². The van der Waals surface area contributed by atoms with Crippen LogP contribution in [0.2, 0.25) is 0 Å². The van der Waals surface area contributed by atoms with E-state index in [9.17, 15) is 0 Å². The largest absolute Gasteiger partial charge is 0.364 e. The van der Waals surface area contributed by atoms with Gasteiger partial charge in [-0.1, -0.05) is 30.3 Å². The fourth-order valence-corrected chi connectivity index (χ4v) is 3.45. The highest BCUT2D eigenvalue weighted by Gasteiger charge is 2.48. The molecule has 2 rings (SSSR count). The van der Waals surface area contributed by atoms with E-state index in [0.29, 0.717) is 13.2 Å². The maximum absolute atomic E-state index is 9.08. The molecule has 0 radical (unpaired) electrons. The SMILES string of the molecule is COC(OC)[C@](C)(OCc1ccccc1)[C@@H]1CCCN1CC#N. The summed E-state index contributed by atoms with van der Waals surface area (Å²) in [6.07, 6.45) is 1.53. The van der Waals surface area contributed by atoms with Crippen molar-refractivity contribution in [2.45, 2.75) is 44.3 Å². The molecule has 0 saturated carbocycles. The van der Waals surface area contributed by atoms with E-state index in [2.05, 4.69) is 11.0 Å². The third kappa shape index (κ3) is 4.10. The molecular weight excluding hydrogens is 292 g/mol. The van der Waals surface area contributed by atoms with Crippen LogP contribution in [-0.2, 0) is 20.8 Å². The van der Waals surface area contributed by atoms with Crippen LogP contribution in [0.1, 0.15) is 25.3 Å². The number of hydrogen-bond donors (Lipinski definition) is 0. The monoisotopic (exact) mass is 318 g/mol. The van der Waals surface area contributed by atoms with Crippen LogP contribution < -0.4 is 0 Å². The van der Waals surface area contributed by atoms with Gasteiger partial charge in [0.15, 0.2) is 6.29 Å². The molecule has 5 heteroatoms. The van der Waals surface area contributed by atoms with Crippen LogP contribution in [0.4, 0.5) is 0 Å². The lowest BCUT2D eigenvalue weighted by Gasteiger charge is -2.43. The van der Waals surface area contributed by atoms with Gasteiger partial charge in [-0.05, 0) is 31.9 Å². The molecule has 1 aromatic rings. The van der Waals surface area contributed by atoms with Crippen molar-refractivity contribution in [1.82, 2.24) is 4.90 Å². The van der Waals surface area contributed by atoms with Crippen LogP contribution in [0.5, 0.6) is 0 Å². The topological polar surface area (TPSA) is 54.7 Å². The zero-order chi connectivity index (χ0) is 16.7. The molecule has 0 bridgehead atoms. The summed E-state index contributed by atoms with van der Waals surface area (Å²) >= 11 is 0. The maximum atomic E-state index is 9.08. The molecule has 0 amide bonds. The number of rotatable bonds is 8. The molecule has 5 nitrogen and oxygen atoms in total. The first-order valence-corrected chi connectivity index (χ1v) is 8.00. The van der Waals surface area contributed by atoms with Gasteiger partial charge >= 0.3 is 0 Å². The summed E-state index contributed by atoms with van der Waals surface area (Å²) < 4.78 is 17.4. The molecule has 0 unspecified atom stereocenters. The minimum atomic E-state index is -0.646. The minimum absolute atomic E-state index is 0.0933. The van der Waals surface area contributed by atoms with E-state index in [4.69, 9.17) is 19.5 Å². The molecule has 23 heavy (non-hydrogen) atoms. The normalized spacial score (nSPS) is 21.3. The van der Waals surface area contributed by atoms with Crippen molar-refractivity contribution in [2.75, 3.05) is 27.3 Å². The quantitative estimate of drug-likeness (QED) is 0.545. The molecule has 1 aliphatic heterocycles. The van der Waals surface area contributed by atoms with Crippen molar-refractivity contribution in [3.8, 4) is 6.07 Å². The number of ether oxygens (including phenoxy) is 3. The first kappa shape index (κ1) is 17.9. The van der Waals surface area contributed by atoms with E-state index in [1.807, 2.05) is 37.3 Å². The molecule has 1 fully saturated rings. The van der Waals surface area contributed by atoms with Gasteiger partial charge in [0.25, 0.3) is 0 Å². The van der Waals surface area contributed by atoms with Gasteiger partial charge in [-0.3, -0.25) is 4.90 Å². The van der Waals surface area contributed by atoms with E-state index in [1.54, 1.807) is 14.2 Å². The average Bonchev–Trinajstić information content (AvgIpc) is 3.04. The van der Waals surface area contributed by atoms with Crippen molar-refractivity contribution in [3.05, 3.63) is 35.9 Å². The highest BCUT2D eigenvalue weighted by Crippen LogP contribution is 2.34. The standard InChI is InChI=1S/C18H26N2O3/c1-18(17(21-2)22-3,16-10-7-12-20(16)13-11-19)23-14-15-8-5-4-6-9-15/h4-6,8-9,16-17H,7,10,12-14H2,1-3H3/t16-,18+/m0/s1. The molecule has 0 N–H and O–H groups in total. The lowest BCUT2D eigenvalue weighted by molar-refractivity contribution is -0.250. The van der Waals surface area contributed by atoms with Crippen LogP contribution in [0.25, 0.3) is 0 Å². The summed E-state index contributed by atoms with van der Waals surface area (Å²) in [5.41, 5.74) is 0.460. The number of hydrogen-bond acceptors (Lipinski definition) is 5. The summed E-state index contributed by atoms with van der Waals surface area (Å²) in [5, 5.41) is 9.08. The summed E-state index contributed by atoms with van der Waals surface area (Å²) in [7, 11) is 3.25. The molecule has 0 aromatic heterocycles. The predicted octanol–water partition coefficient (Wildman–Crippen LogP) is 2.57. The van der Waals surface area contributed by atoms with Crippen LogP contribution in [-0.4, -0.2) is 50.1 Å². The second-order valence-corrected chi connectivity index (χ2v) is 6.05. The third-order valence-corrected chi connectivity index (χ3v) is 4.59. The Morgan fingerprint density at radius 3 is 2.61 bits per heavy atom. The number of methoxy groups -OCH3 is 2. The molecule has 1 heterocycles. The Bertz CT molecular complexity index is 513. The van der Waals surface area contributed by atoms with Gasteiger partial charge in [0, 0.05) is 20.3 Å². The zero-order valence-electron chi connectivity index (χ0n) is 14.2. The van der Waals surface area contributed by atoms with E-state index >= 15 is 0 Å². The van der Waals surface area contributed by atoms with Crippen molar-refractivity contribution < 1.29 is 14.2 Å². The highest BCUT2D eigenvalue weighted by atomic mass is 16.7. The van der Waals surface area contributed by atoms with Gasteiger partial charge in [-0.2, -0.15) is 5.26 Å². The van der Waals surface area contributed by atoms with Gasteiger partial charge in [-0.15, -0.1) is 0 Å². The van der Waals surface area contributed by atoms with Gasteiger partial charge < -0.3 is 14.2 Å². The molecule has 1 saturated heterocycles. The Hall–Kier alpha value is -1.45. The van der Waals surface area contributed by atoms with E-state index in [0.717, 1.165) is 24.9 Å². The zero-order valence-corrected chi connectivity index (χ0v) is 14.2. The summed E-state index contributed by atoms with van der Waals surface area (Å²) in [6.45, 7) is 3.81. The van der Waals surface area contributed by atoms with E-state index in [1.165, 1.54) is 0 Å². The van der Waals surface area contributed by atoms with Crippen molar-refractivity contribution >= 4 is 0 Å². The number of likely N-dealkylation sites (tertiary alicyclic amines) is 1. The number of nitrogens with zero attached hydrogens (tertiary/aromatic N) is 2.